The van der Waals surface area contributed by atoms with Crippen molar-refractivity contribution in [3.63, 3.8) is 0 Å². The molecule has 30 heavy (non-hydrogen) atoms. The first-order valence-corrected chi connectivity index (χ1v) is 10.5. The zero-order chi connectivity index (χ0) is 21.5. The zero-order valence-corrected chi connectivity index (χ0v) is 16.3. The molecular formula is C19H16F4N4O2S. The largest absolute Gasteiger partial charge is 0.353 e. The molecule has 0 aliphatic carbocycles. The number of benzene rings is 2. The van der Waals surface area contributed by atoms with Gasteiger partial charge in [0.25, 0.3) is 6.43 Å². The van der Waals surface area contributed by atoms with Gasteiger partial charge in [0, 0.05) is 31.6 Å². The van der Waals surface area contributed by atoms with Crippen molar-refractivity contribution in [1.29, 1.82) is 0 Å². The van der Waals surface area contributed by atoms with Crippen molar-refractivity contribution in [3.05, 3.63) is 59.9 Å². The Morgan fingerprint density at radius 3 is 2.13 bits per heavy atom. The van der Waals surface area contributed by atoms with Crippen LogP contribution in [0.3, 0.4) is 0 Å². The molecule has 1 aromatic heterocycles. The highest BCUT2D eigenvalue weighted by atomic mass is 32.2. The van der Waals surface area contributed by atoms with Gasteiger partial charge >= 0.3 is 0 Å². The van der Waals surface area contributed by atoms with Gasteiger partial charge in [-0.05, 0) is 24.3 Å². The van der Waals surface area contributed by atoms with Crippen molar-refractivity contribution in [2.45, 2.75) is 11.3 Å². The minimum atomic E-state index is -4.39. The van der Waals surface area contributed by atoms with Gasteiger partial charge in [-0.3, -0.25) is 0 Å². The molecular weight excluding hydrogens is 424 g/mol. The number of fused-ring (bicyclic) bond motifs is 1. The molecule has 1 fully saturated rings. The monoisotopic (exact) mass is 440 g/mol. The Kier molecular flexibility index (Phi) is 5.33. The number of alkyl halides is 2. The molecule has 0 unspecified atom stereocenters. The third-order valence-corrected chi connectivity index (χ3v) is 6.80. The molecule has 2 aromatic carbocycles. The number of hydrogen-bond acceptors (Lipinski definition) is 5. The normalized spacial score (nSPS) is 15.8. The Balaban J connectivity index is 1.63. The van der Waals surface area contributed by atoms with Crippen molar-refractivity contribution >= 4 is 26.7 Å². The van der Waals surface area contributed by atoms with E-state index in [9.17, 15) is 26.0 Å². The van der Waals surface area contributed by atoms with Crippen molar-refractivity contribution in [2.24, 2.45) is 0 Å². The molecule has 0 spiro atoms. The Labute approximate surface area is 169 Å². The number of para-hydroxylation sites is 1. The van der Waals surface area contributed by atoms with Crippen LogP contribution in [0.4, 0.5) is 23.4 Å². The number of nitrogens with zero attached hydrogens (tertiary/aromatic N) is 4. The fourth-order valence-corrected chi connectivity index (χ4v) is 4.95. The van der Waals surface area contributed by atoms with E-state index in [0.717, 1.165) is 22.5 Å². The summed E-state index contributed by atoms with van der Waals surface area (Å²) in [6.07, 6.45) is -2.86. The van der Waals surface area contributed by atoms with E-state index in [-0.39, 0.29) is 32.0 Å². The molecule has 158 valence electrons. The number of sulfonamides is 1. The summed E-state index contributed by atoms with van der Waals surface area (Å²) in [6.45, 7) is 0.0505. The van der Waals surface area contributed by atoms with E-state index in [2.05, 4.69) is 9.97 Å². The maximum Gasteiger partial charge on any atom is 0.297 e. The SMILES string of the molecule is O=S(=O)(c1c(F)cccc1F)N1CCN(c2nc(C(F)F)nc3ccccc23)CC1. The topological polar surface area (TPSA) is 66.4 Å². The van der Waals surface area contributed by atoms with E-state index in [4.69, 9.17) is 0 Å². The lowest BCUT2D eigenvalue weighted by atomic mass is 10.2. The lowest BCUT2D eigenvalue weighted by Gasteiger charge is -2.35. The summed E-state index contributed by atoms with van der Waals surface area (Å²) in [6, 6.07) is 9.52. The summed E-state index contributed by atoms with van der Waals surface area (Å²) in [4.78, 5) is 8.51. The Bertz CT molecular complexity index is 1180. The number of piperazine rings is 1. The smallest absolute Gasteiger partial charge is 0.297 e. The fraction of sp³-hybridized carbons (Fsp3) is 0.263. The Morgan fingerprint density at radius 2 is 1.50 bits per heavy atom. The van der Waals surface area contributed by atoms with Crippen LogP contribution in [0.15, 0.2) is 47.4 Å². The van der Waals surface area contributed by atoms with Crippen LogP contribution in [0, 0.1) is 11.6 Å². The molecule has 0 saturated carbocycles. The molecule has 0 radical (unpaired) electrons. The van der Waals surface area contributed by atoms with E-state index < -0.39 is 38.8 Å². The minimum Gasteiger partial charge on any atom is -0.353 e. The second-order valence-corrected chi connectivity index (χ2v) is 8.54. The first kappa shape index (κ1) is 20.5. The van der Waals surface area contributed by atoms with Crippen LogP contribution >= 0.6 is 0 Å². The number of anilines is 1. The van der Waals surface area contributed by atoms with Crippen molar-refractivity contribution < 1.29 is 26.0 Å². The quantitative estimate of drug-likeness (QED) is 0.582. The van der Waals surface area contributed by atoms with E-state index >= 15 is 0 Å². The van der Waals surface area contributed by atoms with Crippen LogP contribution in [0.1, 0.15) is 12.2 Å². The van der Waals surface area contributed by atoms with E-state index in [1.54, 1.807) is 29.2 Å². The van der Waals surface area contributed by atoms with Crippen LogP contribution in [0.5, 0.6) is 0 Å². The predicted molar refractivity (Wildman–Crippen MR) is 102 cm³/mol. The summed E-state index contributed by atoms with van der Waals surface area (Å²) in [5, 5.41) is 0.554. The van der Waals surface area contributed by atoms with E-state index in [1.807, 2.05) is 0 Å². The zero-order valence-electron chi connectivity index (χ0n) is 15.5. The number of rotatable bonds is 4. The van der Waals surface area contributed by atoms with Gasteiger partial charge in [-0.1, -0.05) is 18.2 Å². The number of hydrogen-bond donors (Lipinski definition) is 0. The highest BCUT2D eigenvalue weighted by Crippen LogP contribution is 2.29. The molecule has 0 bridgehead atoms. The van der Waals surface area contributed by atoms with E-state index in [0.29, 0.717) is 10.9 Å². The molecule has 11 heteroatoms. The Morgan fingerprint density at radius 1 is 0.867 bits per heavy atom. The third-order valence-electron chi connectivity index (χ3n) is 4.85. The number of aromatic nitrogens is 2. The average molecular weight is 440 g/mol. The highest BCUT2D eigenvalue weighted by molar-refractivity contribution is 7.89. The minimum absolute atomic E-state index is 0.0849. The molecule has 6 nitrogen and oxygen atoms in total. The van der Waals surface area contributed by atoms with Crippen molar-refractivity contribution in [1.82, 2.24) is 14.3 Å². The summed E-state index contributed by atoms with van der Waals surface area (Å²) in [5.41, 5.74) is 0.348. The van der Waals surface area contributed by atoms with Gasteiger partial charge in [0.15, 0.2) is 10.7 Å². The highest BCUT2D eigenvalue weighted by Gasteiger charge is 2.34. The van der Waals surface area contributed by atoms with Gasteiger partial charge in [-0.15, -0.1) is 0 Å². The van der Waals surface area contributed by atoms with Gasteiger partial charge in [0.1, 0.15) is 17.5 Å². The van der Waals surface area contributed by atoms with Crippen molar-refractivity contribution in [2.75, 3.05) is 31.1 Å². The van der Waals surface area contributed by atoms with Crippen LogP contribution in [-0.2, 0) is 10.0 Å². The second kappa shape index (κ2) is 7.80. The van der Waals surface area contributed by atoms with Gasteiger partial charge < -0.3 is 4.90 Å². The van der Waals surface area contributed by atoms with Crippen LogP contribution < -0.4 is 4.90 Å². The van der Waals surface area contributed by atoms with Gasteiger partial charge in [-0.2, -0.15) is 4.31 Å². The van der Waals surface area contributed by atoms with Gasteiger partial charge in [0.2, 0.25) is 10.0 Å². The summed E-state index contributed by atoms with van der Waals surface area (Å²) in [5.74, 6) is -2.68. The predicted octanol–water partition coefficient (Wildman–Crippen LogP) is 3.36. The van der Waals surface area contributed by atoms with E-state index in [1.165, 1.54) is 0 Å². The molecule has 2 heterocycles. The molecule has 0 N–H and O–H groups in total. The Hall–Kier alpha value is -2.79. The molecule has 1 saturated heterocycles. The summed E-state index contributed by atoms with van der Waals surface area (Å²) >= 11 is 0. The standard InChI is InChI=1S/C19H16F4N4O2S/c20-13-5-3-6-14(21)16(13)30(28,29)27-10-8-26(9-11-27)19-12-4-1-2-7-15(12)24-18(25-19)17(22)23/h1-7,17H,8-11H2. The molecule has 4 rings (SSSR count). The van der Waals surface area contributed by atoms with Crippen LogP contribution in [-0.4, -0.2) is 48.9 Å². The molecule has 0 amide bonds. The van der Waals surface area contributed by atoms with Crippen LogP contribution in [0.25, 0.3) is 10.9 Å². The maximum atomic E-state index is 14.0. The number of halogens is 4. The lowest BCUT2D eigenvalue weighted by Crippen LogP contribution is -2.49. The lowest BCUT2D eigenvalue weighted by molar-refractivity contribution is 0.141. The van der Waals surface area contributed by atoms with Crippen LogP contribution in [0.2, 0.25) is 0 Å². The molecule has 0 atom stereocenters. The average Bonchev–Trinajstić information content (AvgIpc) is 2.72. The maximum absolute atomic E-state index is 14.0. The first-order chi connectivity index (χ1) is 14.3. The summed E-state index contributed by atoms with van der Waals surface area (Å²) in [7, 11) is -4.39. The van der Waals surface area contributed by atoms with Gasteiger partial charge in [0.05, 0.1) is 5.52 Å². The molecule has 1 aliphatic rings. The fourth-order valence-electron chi connectivity index (χ4n) is 3.41. The molecule has 1 aliphatic heterocycles. The third kappa shape index (κ3) is 3.58. The second-order valence-electron chi connectivity index (χ2n) is 6.67. The van der Waals surface area contributed by atoms with Crippen molar-refractivity contribution in [3.8, 4) is 0 Å². The molecule has 3 aromatic rings. The van der Waals surface area contributed by atoms with Gasteiger partial charge in [-0.25, -0.2) is 35.9 Å². The first-order valence-electron chi connectivity index (χ1n) is 9.03. The summed E-state index contributed by atoms with van der Waals surface area (Å²) < 4.78 is 80.9.